The zero-order chi connectivity index (χ0) is 6.69. The maximum Gasteiger partial charge on any atom is 0.0942 e. The van der Waals surface area contributed by atoms with E-state index in [1.54, 1.807) is 30.3 Å². The molecule has 1 rings (SSSR count). The average molecular weight is 125 g/mol. The number of hydrogen-bond donors (Lipinski definition) is 2. The molecule has 0 aromatic heterocycles. The Balaban J connectivity index is 2.85. The molecule has 9 heavy (non-hydrogen) atoms. The first kappa shape index (κ1) is 6.07. The van der Waals surface area contributed by atoms with Crippen molar-refractivity contribution < 1.29 is 10.4 Å². The van der Waals surface area contributed by atoms with E-state index in [0.29, 0.717) is 5.69 Å². The summed E-state index contributed by atoms with van der Waals surface area (Å²) in [4.78, 5) is 0. The van der Waals surface area contributed by atoms with Crippen LogP contribution in [0.5, 0.6) is 0 Å². The highest BCUT2D eigenvalue weighted by Gasteiger charge is 1.92. The van der Waals surface area contributed by atoms with E-state index >= 15 is 0 Å². The van der Waals surface area contributed by atoms with Gasteiger partial charge in [-0.05, 0) is 12.1 Å². The highest BCUT2D eigenvalue weighted by Crippen LogP contribution is 2.06. The van der Waals surface area contributed by atoms with Gasteiger partial charge in [-0.3, -0.25) is 10.4 Å². The Morgan fingerprint density at radius 3 is 1.89 bits per heavy atom. The molecule has 2 N–H and O–H groups in total. The number of anilines is 1. The van der Waals surface area contributed by atoms with Gasteiger partial charge in [0.2, 0.25) is 0 Å². The Labute approximate surface area is 52.7 Å². The van der Waals surface area contributed by atoms with Gasteiger partial charge in [0, 0.05) is 0 Å². The van der Waals surface area contributed by atoms with Gasteiger partial charge < -0.3 is 0 Å². The van der Waals surface area contributed by atoms with Crippen molar-refractivity contribution in [2.45, 2.75) is 0 Å². The predicted octanol–water partition coefficient (Wildman–Crippen LogP) is 1.27. The topological polar surface area (TPSA) is 43.7 Å². The van der Waals surface area contributed by atoms with Gasteiger partial charge in [-0.15, -0.1) is 5.23 Å². The van der Waals surface area contributed by atoms with Crippen molar-refractivity contribution >= 4 is 5.69 Å². The summed E-state index contributed by atoms with van der Waals surface area (Å²) in [6.07, 6.45) is 0. The van der Waals surface area contributed by atoms with E-state index in [2.05, 4.69) is 0 Å². The largest absolute Gasteiger partial charge is 0.264 e. The van der Waals surface area contributed by atoms with E-state index in [9.17, 15) is 0 Å². The Kier molecular flexibility index (Phi) is 1.67. The maximum absolute atomic E-state index is 8.41. The molecule has 0 radical (unpaired) electrons. The third-order valence-corrected chi connectivity index (χ3v) is 0.987. The van der Waals surface area contributed by atoms with Crippen LogP contribution >= 0.6 is 0 Å². The van der Waals surface area contributed by atoms with E-state index in [-0.39, 0.29) is 5.23 Å². The van der Waals surface area contributed by atoms with Gasteiger partial charge in [-0.25, -0.2) is 0 Å². The molecular weight excluding hydrogens is 118 g/mol. The summed E-state index contributed by atoms with van der Waals surface area (Å²) in [6.45, 7) is 0. The molecule has 0 aliphatic heterocycles. The van der Waals surface area contributed by atoms with Crippen LogP contribution in [0.4, 0.5) is 5.69 Å². The lowest BCUT2D eigenvalue weighted by Gasteiger charge is -2.05. The molecule has 48 valence electrons. The first-order valence-electron chi connectivity index (χ1n) is 2.53. The molecule has 0 spiro atoms. The first-order chi connectivity index (χ1) is 4.30. The van der Waals surface area contributed by atoms with E-state index in [1.165, 1.54) is 0 Å². The molecule has 1 aromatic rings. The molecule has 0 atom stereocenters. The zero-order valence-corrected chi connectivity index (χ0v) is 4.73. The molecule has 0 amide bonds. The molecule has 0 heterocycles. The fourth-order valence-corrected chi connectivity index (χ4v) is 0.561. The van der Waals surface area contributed by atoms with Crippen molar-refractivity contribution in [1.29, 1.82) is 0 Å². The van der Waals surface area contributed by atoms with Crippen LogP contribution in [0.1, 0.15) is 0 Å². The Hall–Kier alpha value is -1.06. The van der Waals surface area contributed by atoms with Crippen molar-refractivity contribution in [2.75, 3.05) is 5.23 Å². The second kappa shape index (κ2) is 2.48. The smallest absolute Gasteiger partial charge is 0.0942 e. The summed E-state index contributed by atoms with van der Waals surface area (Å²) < 4.78 is 0. The summed E-state index contributed by atoms with van der Waals surface area (Å²) in [6, 6.07) is 8.40. The Morgan fingerprint density at radius 1 is 1.00 bits per heavy atom. The minimum Gasteiger partial charge on any atom is -0.264 e. The zero-order valence-electron chi connectivity index (χ0n) is 4.73. The number of rotatable bonds is 1. The number of nitrogens with zero attached hydrogens (tertiary/aromatic N) is 1. The van der Waals surface area contributed by atoms with Crippen LogP contribution in [0.25, 0.3) is 0 Å². The lowest BCUT2D eigenvalue weighted by Crippen LogP contribution is -2.10. The molecule has 0 aliphatic carbocycles. The van der Waals surface area contributed by atoms with Crippen LogP contribution in [0, 0.1) is 0 Å². The highest BCUT2D eigenvalue weighted by molar-refractivity contribution is 5.39. The molecule has 0 unspecified atom stereocenters. The van der Waals surface area contributed by atoms with Crippen LogP contribution in [-0.2, 0) is 0 Å². The Morgan fingerprint density at radius 2 is 1.56 bits per heavy atom. The predicted molar refractivity (Wildman–Crippen MR) is 32.5 cm³/mol. The second-order valence-electron chi connectivity index (χ2n) is 1.62. The van der Waals surface area contributed by atoms with Crippen molar-refractivity contribution in [1.82, 2.24) is 0 Å². The van der Waals surface area contributed by atoms with Crippen LogP contribution in [0.3, 0.4) is 0 Å². The van der Waals surface area contributed by atoms with Crippen LogP contribution in [-0.4, -0.2) is 10.4 Å². The SMILES string of the molecule is ON(O)c1ccccc1. The van der Waals surface area contributed by atoms with E-state index in [4.69, 9.17) is 10.4 Å². The van der Waals surface area contributed by atoms with Gasteiger partial charge in [0.1, 0.15) is 0 Å². The van der Waals surface area contributed by atoms with Gasteiger partial charge in [0.25, 0.3) is 0 Å². The standard InChI is InChI=1S/C6H7NO2/c8-7(9)6-4-2-1-3-5-6/h1-5,8-9H. The van der Waals surface area contributed by atoms with Gasteiger partial charge in [0.05, 0.1) is 5.69 Å². The number of benzene rings is 1. The van der Waals surface area contributed by atoms with Crippen molar-refractivity contribution in [2.24, 2.45) is 0 Å². The Bertz CT molecular complexity index is 174. The molecule has 0 bridgehead atoms. The molecule has 1 aromatic carbocycles. The van der Waals surface area contributed by atoms with Crippen LogP contribution < -0.4 is 5.23 Å². The lowest BCUT2D eigenvalue weighted by atomic mass is 10.3. The maximum atomic E-state index is 8.41. The summed E-state index contributed by atoms with van der Waals surface area (Å²) in [5.41, 5.74) is 0.359. The fraction of sp³-hybridized carbons (Fsp3) is 0. The van der Waals surface area contributed by atoms with Crippen molar-refractivity contribution in [3.8, 4) is 0 Å². The van der Waals surface area contributed by atoms with Crippen molar-refractivity contribution in [3.63, 3.8) is 0 Å². The quantitative estimate of drug-likeness (QED) is 0.555. The van der Waals surface area contributed by atoms with Gasteiger partial charge >= 0.3 is 0 Å². The lowest BCUT2D eigenvalue weighted by molar-refractivity contribution is 0.0291. The minimum atomic E-state index is 0.0833. The fourth-order valence-electron chi connectivity index (χ4n) is 0.561. The van der Waals surface area contributed by atoms with E-state index < -0.39 is 0 Å². The van der Waals surface area contributed by atoms with Gasteiger partial charge in [-0.2, -0.15) is 0 Å². The number of hydrogen-bond acceptors (Lipinski definition) is 3. The van der Waals surface area contributed by atoms with Crippen molar-refractivity contribution in [3.05, 3.63) is 30.3 Å². The minimum absolute atomic E-state index is 0.0833. The molecule has 3 heteroatoms. The molecule has 0 aliphatic rings. The first-order valence-corrected chi connectivity index (χ1v) is 2.53. The number of para-hydroxylation sites is 1. The molecule has 0 fully saturated rings. The monoisotopic (exact) mass is 125 g/mol. The second-order valence-corrected chi connectivity index (χ2v) is 1.62. The molecule has 0 saturated carbocycles. The summed E-state index contributed by atoms with van der Waals surface area (Å²) in [5.74, 6) is 0. The summed E-state index contributed by atoms with van der Waals surface area (Å²) in [7, 11) is 0. The van der Waals surface area contributed by atoms with Gasteiger partial charge in [-0.1, -0.05) is 18.2 Å². The summed E-state index contributed by atoms with van der Waals surface area (Å²) in [5, 5.41) is 16.9. The van der Waals surface area contributed by atoms with E-state index in [0.717, 1.165) is 0 Å². The summed E-state index contributed by atoms with van der Waals surface area (Å²) >= 11 is 0. The average Bonchev–Trinajstić information content (AvgIpc) is 1.90. The van der Waals surface area contributed by atoms with Gasteiger partial charge in [0.15, 0.2) is 0 Å². The highest BCUT2D eigenvalue weighted by atomic mass is 16.8. The molecule has 3 nitrogen and oxygen atoms in total. The molecular formula is C6H7NO2. The molecule has 0 saturated heterocycles. The van der Waals surface area contributed by atoms with E-state index in [1.807, 2.05) is 0 Å². The van der Waals surface area contributed by atoms with Crippen LogP contribution in [0.2, 0.25) is 0 Å². The van der Waals surface area contributed by atoms with Crippen LogP contribution in [0.15, 0.2) is 30.3 Å². The normalized spacial score (nSPS) is 9.11. The third-order valence-electron chi connectivity index (χ3n) is 0.987. The third kappa shape index (κ3) is 1.42.